The van der Waals surface area contributed by atoms with Gasteiger partial charge in [0.05, 0.1) is 0 Å². The molecule has 1 atom stereocenters. The fraction of sp³-hybridized carbons (Fsp3) is 0.750. The van der Waals surface area contributed by atoms with Gasteiger partial charge in [0.1, 0.15) is 0 Å². The van der Waals surface area contributed by atoms with Crippen molar-refractivity contribution in [1.29, 1.82) is 0 Å². The van der Waals surface area contributed by atoms with Crippen LogP contribution in [0.2, 0.25) is 0 Å². The molecule has 0 aromatic rings. The van der Waals surface area contributed by atoms with Crippen LogP contribution in [0, 0.1) is 0 Å². The second-order valence-electron chi connectivity index (χ2n) is 2.82. The minimum atomic E-state index is 0.708. The maximum atomic E-state index is 3.71. The van der Waals surface area contributed by atoms with Crippen LogP contribution >= 0.6 is 0 Å². The number of nitrogens with one attached hydrogen (secondary N) is 1. The van der Waals surface area contributed by atoms with Gasteiger partial charge in [-0.1, -0.05) is 6.08 Å². The first-order valence-corrected chi connectivity index (χ1v) is 3.87. The molecule has 0 amide bonds. The van der Waals surface area contributed by atoms with Gasteiger partial charge in [0.25, 0.3) is 0 Å². The maximum Gasteiger partial charge on any atom is 0.0204 e. The number of rotatable bonds is 3. The van der Waals surface area contributed by atoms with Crippen molar-refractivity contribution in [3.63, 3.8) is 0 Å². The molecule has 0 bridgehead atoms. The summed E-state index contributed by atoms with van der Waals surface area (Å²) in [6.07, 6.45) is 3.25. The molecule has 2 heteroatoms. The maximum absolute atomic E-state index is 3.71. The van der Waals surface area contributed by atoms with E-state index in [2.05, 4.69) is 16.8 Å². The summed E-state index contributed by atoms with van der Waals surface area (Å²) in [5.41, 5.74) is 0. The summed E-state index contributed by atoms with van der Waals surface area (Å²) in [5.74, 6) is 0. The average molecular weight is 140 g/mol. The fourth-order valence-corrected chi connectivity index (χ4v) is 1.42. The standard InChI is InChI=1S/C8H16N2/c1-3-5-10-6-4-8(7-10)9-2/h3,8-9H,1,4-7H2,2H3. The average Bonchev–Trinajstić information content (AvgIpc) is 2.37. The lowest BCUT2D eigenvalue weighted by molar-refractivity contribution is 0.366. The smallest absolute Gasteiger partial charge is 0.0204 e. The van der Waals surface area contributed by atoms with Crippen molar-refractivity contribution in [1.82, 2.24) is 10.2 Å². The SMILES string of the molecule is C=CCN1CCC(NC)C1. The van der Waals surface area contributed by atoms with Gasteiger partial charge in [-0.15, -0.1) is 6.58 Å². The van der Waals surface area contributed by atoms with E-state index in [0.29, 0.717) is 6.04 Å². The Morgan fingerprint density at radius 2 is 2.60 bits per heavy atom. The van der Waals surface area contributed by atoms with E-state index in [1.807, 2.05) is 13.1 Å². The normalized spacial score (nSPS) is 27.1. The second kappa shape index (κ2) is 3.74. The van der Waals surface area contributed by atoms with E-state index in [9.17, 15) is 0 Å². The summed E-state index contributed by atoms with van der Waals surface area (Å²) in [6, 6.07) is 0.708. The quantitative estimate of drug-likeness (QED) is 0.573. The van der Waals surface area contributed by atoms with Crippen molar-refractivity contribution in [3.05, 3.63) is 12.7 Å². The number of nitrogens with zero attached hydrogens (tertiary/aromatic N) is 1. The lowest BCUT2D eigenvalue weighted by Crippen LogP contribution is -2.29. The first-order chi connectivity index (χ1) is 4.86. The van der Waals surface area contributed by atoms with Crippen LogP contribution in [-0.4, -0.2) is 37.6 Å². The van der Waals surface area contributed by atoms with Gasteiger partial charge in [0, 0.05) is 25.7 Å². The van der Waals surface area contributed by atoms with Gasteiger partial charge in [-0.05, 0) is 13.5 Å². The van der Waals surface area contributed by atoms with Crippen LogP contribution in [0.4, 0.5) is 0 Å². The highest BCUT2D eigenvalue weighted by Gasteiger charge is 2.18. The molecule has 2 nitrogen and oxygen atoms in total. The Balaban J connectivity index is 2.21. The van der Waals surface area contributed by atoms with Crippen LogP contribution in [0.1, 0.15) is 6.42 Å². The van der Waals surface area contributed by atoms with Gasteiger partial charge in [0.15, 0.2) is 0 Å². The van der Waals surface area contributed by atoms with Gasteiger partial charge in [-0.25, -0.2) is 0 Å². The van der Waals surface area contributed by atoms with Crippen LogP contribution in [0.5, 0.6) is 0 Å². The van der Waals surface area contributed by atoms with Gasteiger partial charge in [-0.2, -0.15) is 0 Å². The molecule has 0 saturated carbocycles. The molecular weight excluding hydrogens is 124 g/mol. The monoisotopic (exact) mass is 140 g/mol. The zero-order valence-corrected chi connectivity index (χ0v) is 6.64. The largest absolute Gasteiger partial charge is 0.316 e. The Morgan fingerprint density at radius 3 is 3.10 bits per heavy atom. The highest BCUT2D eigenvalue weighted by molar-refractivity contribution is 4.83. The Kier molecular flexibility index (Phi) is 2.90. The fourth-order valence-electron chi connectivity index (χ4n) is 1.42. The molecule has 1 aliphatic rings. The predicted octanol–water partition coefficient (Wildman–Crippen LogP) is 0.466. The first kappa shape index (κ1) is 7.76. The molecule has 0 radical (unpaired) electrons. The zero-order chi connectivity index (χ0) is 7.40. The third kappa shape index (κ3) is 1.82. The summed E-state index contributed by atoms with van der Waals surface area (Å²) in [6.45, 7) is 7.16. The van der Waals surface area contributed by atoms with Crippen molar-refractivity contribution in [2.45, 2.75) is 12.5 Å². The number of likely N-dealkylation sites (tertiary alicyclic amines) is 1. The van der Waals surface area contributed by atoms with E-state index in [1.165, 1.54) is 19.5 Å². The molecular formula is C8H16N2. The van der Waals surface area contributed by atoms with E-state index in [-0.39, 0.29) is 0 Å². The summed E-state index contributed by atoms with van der Waals surface area (Å²) >= 11 is 0. The first-order valence-electron chi connectivity index (χ1n) is 3.87. The third-order valence-electron chi connectivity index (χ3n) is 2.07. The summed E-state index contributed by atoms with van der Waals surface area (Å²) in [5, 5.41) is 3.28. The molecule has 1 unspecified atom stereocenters. The van der Waals surface area contributed by atoms with Gasteiger partial charge < -0.3 is 5.32 Å². The Hall–Kier alpha value is -0.340. The number of likely N-dealkylation sites (N-methyl/N-ethyl adjacent to an activating group) is 1. The van der Waals surface area contributed by atoms with Crippen molar-refractivity contribution < 1.29 is 0 Å². The van der Waals surface area contributed by atoms with Crippen molar-refractivity contribution >= 4 is 0 Å². The number of hydrogen-bond donors (Lipinski definition) is 1. The molecule has 0 aromatic heterocycles. The molecule has 0 aromatic carbocycles. The molecule has 1 heterocycles. The van der Waals surface area contributed by atoms with E-state index in [1.54, 1.807) is 0 Å². The minimum absolute atomic E-state index is 0.708. The lowest BCUT2D eigenvalue weighted by atomic mass is 10.3. The predicted molar refractivity (Wildman–Crippen MR) is 44.1 cm³/mol. The van der Waals surface area contributed by atoms with Crippen molar-refractivity contribution in [2.75, 3.05) is 26.7 Å². The van der Waals surface area contributed by atoms with E-state index >= 15 is 0 Å². The molecule has 1 aliphatic heterocycles. The molecule has 1 N–H and O–H groups in total. The Bertz CT molecular complexity index is 112. The molecule has 58 valence electrons. The number of hydrogen-bond acceptors (Lipinski definition) is 2. The molecule has 1 rings (SSSR count). The highest BCUT2D eigenvalue weighted by Crippen LogP contribution is 2.07. The second-order valence-corrected chi connectivity index (χ2v) is 2.82. The summed E-state index contributed by atoms with van der Waals surface area (Å²) < 4.78 is 0. The molecule has 0 spiro atoms. The van der Waals surface area contributed by atoms with Crippen LogP contribution in [0.25, 0.3) is 0 Å². The lowest BCUT2D eigenvalue weighted by Gasteiger charge is -2.12. The third-order valence-corrected chi connectivity index (χ3v) is 2.07. The molecule has 0 aliphatic carbocycles. The summed E-state index contributed by atoms with van der Waals surface area (Å²) in [7, 11) is 2.03. The van der Waals surface area contributed by atoms with Crippen molar-refractivity contribution in [3.8, 4) is 0 Å². The van der Waals surface area contributed by atoms with Crippen LogP contribution in [0.3, 0.4) is 0 Å². The Morgan fingerprint density at radius 1 is 1.80 bits per heavy atom. The van der Waals surface area contributed by atoms with Crippen LogP contribution in [0.15, 0.2) is 12.7 Å². The van der Waals surface area contributed by atoms with Gasteiger partial charge in [-0.3, -0.25) is 4.90 Å². The van der Waals surface area contributed by atoms with E-state index in [0.717, 1.165) is 6.54 Å². The van der Waals surface area contributed by atoms with E-state index in [4.69, 9.17) is 0 Å². The van der Waals surface area contributed by atoms with Gasteiger partial charge in [0.2, 0.25) is 0 Å². The van der Waals surface area contributed by atoms with Gasteiger partial charge >= 0.3 is 0 Å². The van der Waals surface area contributed by atoms with Crippen LogP contribution in [-0.2, 0) is 0 Å². The topological polar surface area (TPSA) is 15.3 Å². The summed E-state index contributed by atoms with van der Waals surface area (Å²) in [4.78, 5) is 2.41. The van der Waals surface area contributed by atoms with E-state index < -0.39 is 0 Å². The minimum Gasteiger partial charge on any atom is -0.316 e. The van der Waals surface area contributed by atoms with Crippen molar-refractivity contribution in [2.24, 2.45) is 0 Å². The highest BCUT2D eigenvalue weighted by atomic mass is 15.2. The zero-order valence-electron chi connectivity index (χ0n) is 6.64. The van der Waals surface area contributed by atoms with Crippen LogP contribution < -0.4 is 5.32 Å². The molecule has 1 fully saturated rings. The molecule has 10 heavy (non-hydrogen) atoms. The molecule has 1 saturated heterocycles. The Labute approximate surface area is 62.9 Å².